The van der Waals surface area contributed by atoms with E-state index in [9.17, 15) is 4.79 Å². The zero-order valence-corrected chi connectivity index (χ0v) is 7.49. The van der Waals surface area contributed by atoms with Crippen LogP contribution in [0.25, 0.3) is 0 Å². The fraction of sp³-hybridized carbons (Fsp3) is 0.444. The van der Waals surface area contributed by atoms with Crippen molar-refractivity contribution in [2.45, 2.75) is 19.1 Å². The summed E-state index contributed by atoms with van der Waals surface area (Å²) in [7, 11) is 1.41. The number of methoxy groups -OCH3 is 1. The normalized spacial score (nSPS) is 20.8. The third kappa shape index (κ3) is 1.45. The van der Waals surface area contributed by atoms with Crippen molar-refractivity contribution < 1.29 is 9.53 Å². The van der Waals surface area contributed by atoms with Crippen LogP contribution in [-0.2, 0) is 22.6 Å². The van der Waals surface area contributed by atoms with Crippen molar-refractivity contribution in [3.05, 3.63) is 24.0 Å². The first-order valence-electron chi connectivity index (χ1n) is 4.26. The van der Waals surface area contributed by atoms with E-state index in [1.54, 1.807) is 0 Å². The highest BCUT2D eigenvalue weighted by Gasteiger charge is 2.23. The zero-order valence-electron chi connectivity index (χ0n) is 7.49. The highest BCUT2D eigenvalue weighted by molar-refractivity contribution is 5.75. The molecule has 0 radical (unpaired) electrons. The van der Waals surface area contributed by atoms with Gasteiger partial charge in [-0.3, -0.25) is 10.1 Å². The second kappa shape index (κ2) is 3.22. The molecule has 4 nitrogen and oxygen atoms in total. The molecule has 0 spiro atoms. The summed E-state index contributed by atoms with van der Waals surface area (Å²) < 4.78 is 6.73. The van der Waals surface area contributed by atoms with Crippen molar-refractivity contribution in [3.63, 3.8) is 0 Å². The van der Waals surface area contributed by atoms with E-state index >= 15 is 0 Å². The maximum atomic E-state index is 11.2. The van der Waals surface area contributed by atoms with Crippen LogP contribution >= 0.6 is 0 Å². The van der Waals surface area contributed by atoms with Gasteiger partial charge in [0, 0.05) is 25.0 Å². The molecule has 0 saturated carbocycles. The average molecular weight is 180 g/mol. The minimum absolute atomic E-state index is 0.195. The van der Waals surface area contributed by atoms with Crippen molar-refractivity contribution in [2.75, 3.05) is 7.11 Å². The third-order valence-electron chi connectivity index (χ3n) is 2.32. The minimum Gasteiger partial charge on any atom is -0.468 e. The molecular weight excluding hydrogens is 168 g/mol. The zero-order chi connectivity index (χ0) is 9.26. The van der Waals surface area contributed by atoms with Crippen LogP contribution in [0, 0.1) is 0 Å². The molecule has 1 aliphatic rings. The first kappa shape index (κ1) is 8.31. The van der Waals surface area contributed by atoms with Gasteiger partial charge >= 0.3 is 5.97 Å². The lowest BCUT2D eigenvalue weighted by Crippen LogP contribution is -2.44. The van der Waals surface area contributed by atoms with E-state index in [0.717, 1.165) is 6.54 Å². The van der Waals surface area contributed by atoms with Crippen molar-refractivity contribution in [2.24, 2.45) is 0 Å². The Morgan fingerprint density at radius 1 is 1.77 bits per heavy atom. The molecule has 1 aromatic heterocycles. The van der Waals surface area contributed by atoms with Gasteiger partial charge in [0.05, 0.1) is 7.11 Å². The first-order valence-corrected chi connectivity index (χ1v) is 4.26. The number of nitrogens with one attached hydrogen (secondary N) is 1. The smallest absolute Gasteiger partial charge is 0.324 e. The molecule has 13 heavy (non-hydrogen) atoms. The summed E-state index contributed by atoms with van der Waals surface area (Å²) in [6.45, 7) is 1.39. The lowest BCUT2D eigenvalue weighted by Gasteiger charge is -2.23. The Labute approximate surface area is 76.5 Å². The fourth-order valence-electron chi connectivity index (χ4n) is 1.58. The third-order valence-corrected chi connectivity index (χ3v) is 2.32. The van der Waals surface area contributed by atoms with E-state index in [0.29, 0.717) is 6.54 Å². The second-order valence-corrected chi connectivity index (χ2v) is 3.11. The van der Waals surface area contributed by atoms with E-state index in [1.807, 2.05) is 18.3 Å². The molecule has 1 unspecified atom stereocenters. The highest BCUT2D eigenvalue weighted by Crippen LogP contribution is 2.09. The van der Waals surface area contributed by atoms with Crippen molar-refractivity contribution in [1.29, 1.82) is 0 Å². The van der Waals surface area contributed by atoms with Gasteiger partial charge in [-0.2, -0.15) is 0 Å². The van der Waals surface area contributed by atoms with Crippen LogP contribution < -0.4 is 5.32 Å². The van der Waals surface area contributed by atoms with Gasteiger partial charge in [0.25, 0.3) is 0 Å². The number of hydrogen-bond acceptors (Lipinski definition) is 3. The van der Waals surface area contributed by atoms with Gasteiger partial charge in [-0.05, 0) is 12.1 Å². The molecule has 0 bridgehead atoms. The van der Waals surface area contributed by atoms with Gasteiger partial charge < -0.3 is 9.30 Å². The molecule has 1 aliphatic heterocycles. The quantitative estimate of drug-likeness (QED) is 0.625. The topological polar surface area (TPSA) is 43.3 Å². The number of nitrogens with zero attached hydrogens (tertiary/aromatic N) is 1. The van der Waals surface area contributed by atoms with E-state index in [-0.39, 0.29) is 12.0 Å². The Morgan fingerprint density at radius 2 is 2.62 bits per heavy atom. The molecule has 0 aliphatic carbocycles. The Balaban J connectivity index is 2.13. The first-order chi connectivity index (χ1) is 6.31. The predicted molar refractivity (Wildman–Crippen MR) is 47.1 cm³/mol. The van der Waals surface area contributed by atoms with Crippen LogP contribution in [0.4, 0.5) is 0 Å². The summed E-state index contributed by atoms with van der Waals surface area (Å²) in [5.41, 5.74) is 1.21. The number of rotatable bonds is 1. The van der Waals surface area contributed by atoms with E-state index in [2.05, 4.69) is 14.6 Å². The molecule has 1 atom stereocenters. The van der Waals surface area contributed by atoms with Crippen LogP contribution in [0.5, 0.6) is 0 Å². The van der Waals surface area contributed by atoms with E-state index in [4.69, 9.17) is 0 Å². The maximum absolute atomic E-state index is 11.2. The predicted octanol–water partition coefficient (Wildman–Crippen LogP) is 0.133. The number of hydrogen-bond donors (Lipinski definition) is 1. The molecular formula is C9H12N2O2. The van der Waals surface area contributed by atoms with Crippen LogP contribution in [-0.4, -0.2) is 23.7 Å². The average Bonchev–Trinajstić information content (AvgIpc) is 2.63. The number of ether oxygens (including phenoxy) is 1. The molecule has 0 aromatic carbocycles. The number of esters is 1. The molecule has 70 valence electrons. The van der Waals surface area contributed by atoms with Crippen LogP contribution in [0.2, 0.25) is 0 Å². The van der Waals surface area contributed by atoms with E-state index < -0.39 is 0 Å². The number of carbonyl (C=O) groups excluding carboxylic acids is 1. The Hall–Kier alpha value is -1.29. The lowest BCUT2D eigenvalue weighted by molar-refractivity contribution is -0.143. The molecule has 2 rings (SSSR count). The minimum atomic E-state index is -0.204. The summed E-state index contributed by atoms with van der Waals surface area (Å²) in [4.78, 5) is 11.2. The van der Waals surface area contributed by atoms with E-state index in [1.165, 1.54) is 12.8 Å². The molecule has 1 N–H and O–H groups in total. The monoisotopic (exact) mass is 180 g/mol. The van der Waals surface area contributed by atoms with Crippen molar-refractivity contribution in [3.8, 4) is 0 Å². The Bertz CT molecular complexity index is 319. The Kier molecular flexibility index (Phi) is 2.06. The SMILES string of the molecule is COC(=O)C1Cn2cccc2CN1. The molecule has 4 heteroatoms. The molecule has 0 saturated heterocycles. The summed E-state index contributed by atoms with van der Waals surface area (Å²) in [5, 5.41) is 3.12. The number of carbonyl (C=O) groups is 1. The second-order valence-electron chi connectivity index (χ2n) is 3.11. The number of fused-ring (bicyclic) bond motifs is 1. The summed E-state index contributed by atoms with van der Waals surface area (Å²) in [6, 6.07) is 3.82. The van der Waals surface area contributed by atoms with Gasteiger partial charge in [-0.1, -0.05) is 0 Å². The standard InChI is InChI=1S/C9H12N2O2/c1-13-9(12)8-6-11-4-2-3-7(11)5-10-8/h2-4,8,10H,5-6H2,1H3. The largest absolute Gasteiger partial charge is 0.468 e. The molecule has 0 amide bonds. The fourth-order valence-corrected chi connectivity index (χ4v) is 1.58. The van der Waals surface area contributed by atoms with Gasteiger partial charge in [-0.15, -0.1) is 0 Å². The van der Waals surface area contributed by atoms with Crippen LogP contribution in [0.15, 0.2) is 18.3 Å². The maximum Gasteiger partial charge on any atom is 0.324 e. The van der Waals surface area contributed by atoms with Gasteiger partial charge in [0.1, 0.15) is 6.04 Å². The lowest BCUT2D eigenvalue weighted by atomic mass is 10.2. The van der Waals surface area contributed by atoms with Crippen molar-refractivity contribution in [1.82, 2.24) is 9.88 Å². The van der Waals surface area contributed by atoms with Gasteiger partial charge in [0.15, 0.2) is 0 Å². The Morgan fingerprint density at radius 3 is 3.38 bits per heavy atom. The van der Waals surface area contributed by atoms with Crippen LogP contribution in [0.3, 0.4) is 0 Å². The van der Waals surface area contributed by atoms with Gasteiger partial charge in [-0.25, -0.2) is 0 Å². The molecule has 0 fully saturated rings. The summed E-state index contributed by atoms with van der Waals surface area (Å²) in [5.74, 6) is -0.195. The molecule has 1 aromatic rings. The number of aromatic nitrogens is 1. The van der Waals surface area contributed by atoms with Crippen LogP contribution in [0.1, 0.15) is 5.69 Å². The van der Waals surface area contributed by atoms with Gasteiger partial charge in [0.2, 0.25) is 0 Å². The summed E-state index contributed by atoms with van der Waals surface area (Å²) in [6.07, 6.45) is 1.98. The van der Waals surface area contributed by atoms with Crippen molar-refractivity contribution >= 4 is 5.97 Å². The molecule has 2 heterocycles. The highest BCUT2D eigenvalue weighted by atomic mass is 16.5. The summed E-state index contributed by atoms with van der Waals surface area (Å²) >= 11 is 0.